The molecule has 0 amide bonds. The molecule has 0 spiro atoms. The molecule has 9 heteroatoms. The number of sulfonamides is 1. The number of rotatable bonds is 6. The zero-order valence-corrected chi connectivity index (χ0v) is 10.8. The van der Waals surface area contributed by atoms with Gasteiger partial charge < -0.3 is 10.5 Å². The quantitative estimate of drug-likeness (QED) is 0.810. The van der Waals surface area contributed by atoms with E-state index in [1.54, 1.807) is 4.72 Å². The van der Waals surface area contributed by atoms with E-state index in [1.165, 1.54) is 7.11 Å². The van der Waals surface area contributed by atoms with Gasteiger partial charge in [-0.25, -0.2) is 26.3 Å². The lowest BCUT2D eigenvalue weighted by Gasteiger charge is -2.15. The third kappa shape index (κ3) is 4.08. The lowest BCUT2D eigenvalue weighted by Crippen LogP contribution is -2.41. The number of nitrogens with one attached hydrogen (secondary N) is 1. The summed E-state index contributed by atoms with van der Waals surface area (Å²) in [6, 6.07) is 2.82. The van der Waals surface area contributed by atoms with Gasteiger partial charge in [-0.15, -0.1) is 0 Å². The maximum Gasteiger partial charge on any atom is 0.273 e. The molecule has 1 aromatic carbocycles. The summed E-state index contributed by atoms with van der Waals surface area (Å²) in [5, 5.41) is 0. The fraction of sp³-hybridized carbons (Fsp3) is 0.400. The normalized spacial score (nSPS) is 12.5. The molecule has 3 N–H and O–H groups in total. The molecule has 19 heavy (non-hydrogen) atoms. The van der Waals surface area contributed by atoms with Crippen molar-refractivity contribution in [3.8, 4) is 5.75 Å². The fourth-order valence-corrected chi connectivity index (χ4v) is 2.24. The zero-order chi connectivity index (χ0) is 14.7. The van der Waals surface area contributed by atoms with E-state index in [0.717, 1.165) is 12.1 Å². The number of halogens is 3. The van der Waals surface area contributed by atoms with Crippen molar-refractivity contribution in [3.63, 3.8) is 0 Å². The minimum absolute atomic E-state index is 0.147. The van der Waals surface area contributed by atoms with Crippen LogP contribution >= 0.6 is 0 Å². The second-order valence-electron chi connectivity index (χ2n) is 3.68. The van der Waals surface area contributed by atoms with Crippen LogP contribution in [-0.2, 0) is 10.0 Å². The van der Waals surface area contributed by atoms with Gasteiger partial charge in [0.15, 0.2) is 11.6 Å². The molecule has 0 bridgehead atoms. The van der Waals surface area contributed by atoms with Crippen LogP contribution < -0.4 is 15.2 Å². The van der Waals surface area contributed by atoms with Crippen LogP contribution in [0.25, 0.3) is 0 Å². The van der Waals surface area contributed by atoms with E-state index in [9.17, 15) is 21.6 Å². The SMILES string of the molecule is COc1ccc(S(=O)(=O)NCC(F)(F)CN)cc1F. The Morgan fingerprint density at radius 1 is 1.42 bits per heavy atom. The van der Waals surface area contributed by atoms with Crippen LogP contribution in [0.1, 0.15) is 0 Å². The molecule has 1 rings (SSSR count). The van der Waals surface area contributed by atoms with Gasteiger partial charge in [-0.3, -0.25) is 0 Å². The summed E-state index contributed by atoms with van der Waals surface area (Å²) in [4.78, 5) is -0.473. The molecule has 0 aliphatic heterocycles. The van der Waals surface area contributed by atoms with Crippen LogP contribution in [0.4, 0.5) is 13.2 Å². The Labute approximate surface area is 108 Å². The van der Waals surface area contributed by atoms with Gasteiger partial charge in [-0.1, -0.05) is 0 Å². The fourth-order valence-electron chi connectivity index (χ4n) is 1.17. The van der Waals surface area contributed by atoms with Crippen molar-refractivity contribution in [1.82, 2.24) is 4.72 Å². The van der Waals surface area contributed by atoms with Gasteiger partial charge in [0.2, 0.25) is 10.0 Å². The first-order chi connectivity index (χ1) is 8.72. The standard InChI is InChI=1S/C10H13F3N2O3S/c1-18-9-3-2-7(4-8(9)11)19(16,17)15-6-10(12,13)5-14/h2-4,15H,5-6,14H2,1H3. The van der Waals surface area contributed by atoms with Crippen LogP contribution in [0.3, 0.4) is 0 Å². The van der Waals surface area contributed by atoms with Gasteiger partial charge in [-0.2, -0.15) is 0 Å². The van der Waals surface area contributed by atoms with Gasteiger partial charge in [-0.05, 0) is 18.2 Å². The summed E-state index contributed by atoms with van der Waals surface area (Å²) in [6.45, 7) is -2.15. The van der Waals surface area contributed by atoms with Crippen LogP contribution in [0.5, 0.6) is 5.75 Å². The summed E-state index contributed by atoms with van der Waals surface area (Å²) in [6.07, 6.45) is 0. The molecule has 0 saturated heterocycles. The Hall–Kier alpha value is -1.32. The first kappa shape index (κ1) is 15.7. The monoisotopic (exact) mass is 298 g/mol. The summed E-state index contributed by atoms with van der Waals surface area (Å²) >= 11 is 0. The molecule has 0 fully saturated rings. The number of benzene rings is 1. The first-order valence-corrected chi connectivity index (χ1v) is 6.61. The third-order valence-electron chi connectivity index (χ3n) is 2.25. The molecule has 0 atom stereocenters. The smallest absolute Gasteiger partial charge is 0.273 e. The van der Waals surface area contributed by atoms with E-state index in [-0.39, 0.29) is 5.75 Å². The molecule has 0 saturated carbocycles. The van der Waals surface area contributed by atoms with E-state index < -0.39 is 39.7 Å². The molecule has 1 aromatic rings. The van der Waals surface area contributed by atoms with Crippen molar-refractivity contribution in [3.05, 3.63) is 24.0 Å². The van der Waals surface area contributed by atoms with Crippen LogP contribution in [0.15, 0.2) is 23.1 Å². The van der Waals surface area contributed by atoms with Crippen molar-refractivity contribution in [1.29, 1.82) is 0 Å². The van der Waals surface area contributed by atoms with E-state index in [2.05, 4.69) is 4.74 Å². The number of ether oxygens (including phenoxy) is 1. The van der Waals surface area contributed by atoms with E-state index in [0.29, 0.717) is 6.07 Å². The Bertz CT molecular complexity index is 549. The molecule has 0 aliphatic carbocycles. The lowest BCUT2D eigenvalue weighted by atomic mass is 10.3. The second-order valence-corrected chi connectivity index (χ2v) is 5.45. The molecule has 0 aromatic heterocycles. The Morgan fingerprint density at radius 3 is 2.53 bits per heavy atom. The largest absolute Gasteiger partial charge is 0.494 e. The highest BCUT2D eigenvalue weighted by Gasteiger charge is 2.29. The van der Waals surface area contributed by atoms with E-state index in [4.69, 9.17) is 5.73 Å². The number of methoxy groups -OCH3 is 1. The molecule has 5 nitrogen and oxygen atoms in total. The predicted octanol–water partition coefficient (Wildman–Crippen LogP) is 0.707. The van der Waals surface area contributed by atoms with Crippen LogP contribution in [0, 0.1) is 5.82 Å². The molecule has 0 heterocycles. The Balaban J connectivity index is 2.92. The van der Waals surface area contributed by atoms with E-state index >= 15 is 0 Å². The Kier molecular flexibility index (Phi) is 4.77. The van der Waals surface area contributed by atoms with Crippen LogP contribution in [-0.4, -0.2) is 34.5 Å². The van der Waals surface area contributed by atoms with Gasteiger partial charge in [0.25, 0.3) is 5.92 Å². The number of alkyl halides is 2. The molecular weight excluding hydrogens is 285 g/mol. The predicted molar refractivity (Wildman–Crippen MR) is 62.1 cm³/mol. The minimum Gasteiger partial charge on any atom is -0.494 e. The average molecular weight is 298 g/mol. The highest BCUT2D eigenvalue weighted by molar-refractivity contribution is 7.89. The van der Waals surface area contributed by atoms with Crippen molar-refractivity contribution in [2.75, 3.05) is 20.2 Å². The molecule has 0 radical (unpaired) electrons. The van der Waals surface area contributed by atoms with Gasteiger partial charge in [0.05, 0.1) is 25.1 Å². The Morgan fingerprint density at radius 2 is 2.05 bits per heavy atom. The maximum atomic E-state index is 13.3. The topological polar surface area (TPSA) is 81.4 Å². The summed E-state index contributed by atoms with van der Waals surface area (Å²) in [5.41, 5.74) is 4.77. The van der Waals surface area contributed by atoms with Gasteiger partial charge >= 0.3 is 0 Å². The van der Waals surface area contributed by atoms with Crippen molar-refractivity contribution >= 4 is 10.0 Å². The number of hydrogen-bond donors (Lipinski definition) is 2. The molecule has 0 aliphatic rings. The van der Waals surface area contributed by atoms with E-state index in [1.807, 2.05) is 0 Å². The third-order valence-corrected chi connectivity index (χ3v) is 3.65. The lowest BCUT2D eigenvalue weighted by molar-refractivity contribution is 0.0170. The highest BCUT2D eigenvalue weighted by atomic mass is 32.2. The average Bonchev–Trinajstić information content (AvgIpc) is 2.36. The number of nitrogens with two attached hydrogens (primary N) is 1. The summed E-state index contributed by atoms with van der Waals surface area (Å²) in [5.74, 6) is -4.42. The van der Waals surface area contributed by atoms with Gasteiger partial charge in [0.1, 0.15) is 0 Å². The highest BCUT2D eigenvalue weighted by Crippen LogP contribution is 2.21. The zero-order valence-electron chi connectivity index (χ0n) is 9.99. The summed E-state index contributed by atoms with van der Waals surface area (Å²) in [7, 11) is -3.02. The van der Waals surface area contributed by atoms with Crippen LogP contribution in [0.2, 0.25) is 0 Å². The molecule has 108 valence electrons. The summed E-state index contributed by atoms with van der Waals surface area (Å²) < 4.78 is 68.6. The van der Waals surface area contributed by atoms with Gasteiger partial charge in [0, 0.05) is 0 Å². The first-order valence-electron chi connectivity index (χ1n) is 5.13. The van der Waals surface area contributed by atoms with Crippen molar-refractivity contribution in [2.24, 2.45) is 5.73 Å². The molecular formula is C10H13F3N2O3S. The van der Waals surface area contributed by atoms with Crippen molar-refractivity contribution < 1.29 is 26.3 Å². The number of hydrogen-bond acceptors (Lipinski definition) is 4. The molecule has 0 unspecified atom stereocenters. The van der Waals surface area contributed by atoms with Crippen molar-refractivity contribution in [2.45, 2.75) is 10.8 Å². The second kappa shape index (κ2) is 5.76. The minimum atomic E-state index is -4.23. The maximum absolute atomic E-state index is 13.3.